The van der Waals surface area contributed by atoms with Gasteiger partial charge in [-0.05, 0) is 13.3 Å². The lowest BCUT2D eigenvalue weighted by atomic mass is 10.2. The van der Waals surface area contributed by atoms with Crippen LogP contribution in [0.15, 0.2) is 6.20 Å². The summed E-state index contributed by atoms with van der Waals surface area (Å²) in [6, 6.07) is 0.418. The molecule has 1 unspecified atom stereocenters. The molecule has 0 aromatic carbocycles. The van der Waals surface area contributed by atoms with E-state index in [1.165, 1.54) is 0 Å². The largest absolute Gasteiger partial charge is 0.469 e. The molecule has 0 fully saturated rings. The van der Waals surface area contributed by atoms with Crippen LogP contribution in [0.4, 0.5) is 5.82 Å². The maximum atomic E-state index is 5.91. The van der Waals surface area contributed by atoms with Gasteiger partial charge < -0.3 is 19.7 Å². The number of nitrogens with one attached hydrogen (secondary N) is 1. The molecule has 1 N–H and O–H groups in total. The predicted octanol–water partition coefficient (Wildman–Crippen LogP) is 1.21. The molecule has 0 saturated carbocycles. The van der Waals surface area contributed by atoms with Gasteiger partial charge in [-0.1, -0.05) is 6.92 Å². The van der Waals surface area contributed by atoms with Gasteiger partial charge in [0.15, 0.2) is 5.82 Å². The van der Waals surface area contributed by atoms with E-state index < -0.39 is 0 Å². The molecule has 112 valence electrons. The third-order valence-corrected chi connectivity index (χ3v) is 3.71. The summed E-state index contributed by atoms with van der Waals surface area (Å²) in [6.07, 6.45) is 2.84. The van der Waals surface area contributed by atoms with Crippen LogP contribution in [0.25, 0.3) is 0 Å². The lowest BCUT2D eigenvalue weighted by Crippen LogP contribution is -2.32. The molecule has 0 bridgehead atoms. The number of fused-ring (bicyclic) bond motifs is 1. The zero-order valence-corrected chi connectivity index (χ0v) is 12.7. The molecule has 2 atom stereocenters. The van der Waals surface area contributed by atoms with Gasteiger partial charge in [-0.3, -0.25) is 4.98 Å². The fraction of sp³-hybridized carbons (Fsp3) is 0.714. The van der Waals surface area contributed by atoms with Gasteiger partial charge in [-0.25, -0.2) is 0 Å². The molecular weight excluding hydrogens is 256 g/mol. The number of anilines is 1. The fourth-order valence-corrected chi connectivity index (χ4v) is 2.10. The van der Waals surface area contributed by atoms with Crippen molar-refractivity contribution in [1.82, 2.24) is 15.3 Å². The first kappa shape index (κ1) is 15.0. The minimum atomic E-state index is -0.0281. The van der Waals surface area contributed by atoms with Crippen LogP contribution in [-0.2, 0) is 11.3 Å². The second-order valence-corrected chi connectivity index (χ2v) is 5.17. The first-order valence-corrected chi connectivity index (χ1v) is 7.10. The summed E-state index contributed by atoms with van der Waals surface area (Å²) in [5.74, 6) is 1.46. The number of ether oxygens (including phenoxy) is 2. The van der Waals surface area contributed by atoms with Crippen LogP contribution in [0, 0.1) is 0 Å². The highest BCUT2D eigenvalue weighted by Crippen LogP contribution is 2.22. The molecule has 6 heteroatoms. The Labute approximate surface area is 120 Å². The molecule has 0 amide bonds. The Morgan fingerprint density at radius 1 is 1.60 bits per heavy atom. The van der Waals surface area contributed by atoms with E-state index in [4.69, 9.17) is 9.47 Å². The van der Waals surface area contributed by atoms with E-state index in [-0.39, 0.29) is 6.10 Å². The summed E-state index contributed by atoms with van der Waals surface area (Å²) >= 11 is 0. The van der Waals surface area contributed by atoms with Crippen LogP contribution in [0.1, 0.15) is 26.0 Å². The van der Waals surface area contributed by atoms with E-state index in [0.29, 0.717) is 25.1 Å². The molecule has 6 nitrogen and oxygen atoms in total. The number of aromatic nitrogens is 2. The summed E-state index contributed by atoms with van der Waals surface area (Å²) in [5, 5.41) is 3.30. The normalized spacial score (nSPS) is 19.7. The molecule has 0 spiro atoms. The highest BCUT2D eigenvalue weighted by Gasteiger charge is 2.21. The molecule has 0 saturated heterocycles. The average molecular weight is 280 g/mol. The van der Waals surface area contributed by atoms with Crippen molar-refractivity contribution in [2.24, 2.45) is 0 Å². The fourth-order valence-electron chi connectivity index (χ4n) is 2.10. The van der Waals surface area contributed by atoms with E-state index in [1.54, 1.807) is 7.11 Å². The SMILES string of the molecule is CCC(C)N(C)c1cnc2c(n1)O[C@@H](COC)CNC2. The molecule has 1 aliphatic heterocycles. The molecule has 1 aliphatic rings. The maximum absolute atomic E-state index is 5.91. The van der Waals surface area contributed by atoms with Gasteiger partial charge in [0.05, 0.1) is 12.8 Å². The van der Waals surface area contributed by atoms with Crippen molar-refractivity contribution in [2.75, 3.05) is 32.2 Å². The Hall–Kier alpha value is -1.40. The zero-order valence-electron chi connectivity index (χ0n) is 12.7. The van der Waals surface area contributed by atoms with Gasteiger partial charge in [0.25, 0.3) is 0 Å². The number of rotatable bonds is 5. The van der Waals surface area contributed by atoms with Crippen LogP contribution in [0.2, 0.25) is 0 Å². The maximum Gasteiger partial charge on any atom is 0.239 e. The Morgan fingerprint density at radius 3 is 3.10 bits per heavy atom. The van der Waals surface area contributed by atoms with Crippen molar-refractivity contribution in [1.29, 1.82) is 0 Å². The van der Waals surface area contributed by atoms with Crippen molar-refractivity contribution >= 4 is 5.82 Å². The Kier molecular flexibility index (Phi) is 5.14. The number of nitrogens with zero attached hydrogens (tertiary/aromatic N) is 3. The topological polar surface area (TPSA) is 59.5 Å². The summed E-state index contributed by atoms with van der Waals surface area (Å²) in [5.41, 5.74) is 0.852. The van der Waals surface area contributed by atoms with E-state index in [1.807, 2.05) is 13.2 Å². The highest BCUT2D eigenvalue weighted by atomic mass is 16.5. The van der Waals surface area contributed by atoms with E-state index in [9.17, 15) is 0 Å². The average Bonchev–Trinajstić information content (AvgIpc) is 2.66. The summed E-state index contributed by atoms with van der Waals surface area (Å²) < 4.78 is 11.1. The minimum Gasteiger partial charge on any atom is -0.469 e. The van der Waals surface area contributed by atoms with Crippen LogP contribution in [0.3, 0.4) is 0 Å². The Balaban J connectivity index is 2.20. The van der Waals surface area contributed by atoms with Gasteiger partial charge in [0.1, 0.15) is 11.8 Å². The molecule has 2 rings (SSSR count). The van der Waals surface area contributed by atoms with Crippen molar-refractivity contribution in [2.45, 2.75) is 39.0 Å². The summed E-state index contributed by atoms with van der Waals surface area (Å²) in [7, 11) is 3.71. The van der Waals surface area contributed by atoms with Crippen LogP contribution >= 0.6 is 0 Å². The van der Waals surface area contributed by atoms with E-state index in [2.05, 4.69) is 34.0 Å². The van der Waals surface area contributed by atoms with Crippen LogP contribution in [0.5, 0.6) is 5.88 Å². The van der Waals surface area contributed by atoms with E-state index in [0.717, 1.165) is 24.5 Å². The lowest BCUT2D eigenvalue weighted by molar-refractivity contribution is 0.0810. The molecule has 2 heterocycles. The number of hydrogen-bond donors (Lipinski definition) is 1. The highest BCUT2D eigenvalue weighted by molar-refractivity contribution is 5.40. The second kappa shape index (κ2) is 6.85. The first-order chi connectivity index (χ1) is 9.65. The second-order valence-electron chi connectivity index (χ2n) is 5.17. The Morgan fingerprint density at radius 2 is 2.40 bits per heavy atom. The smallest absolute Gasteiger partial charge is 0.239 e. The van der Waals surface area contributed by atoms with Crippen molar-refractivity contribution < 1.29 is 9.47 Å². The molecule has 20 heavy (non-hydrogen) atoms. The molecular formula is C14H24N4O2. The summed E-state index contributed by atoms with van der Waals surface area (Å²) in [6.45, 7) is 6.29. The monoisotopic (exact) mass is 280 g/mol. The summed E-state index contributed by atoms with van der Waals surface area (Å²) in [4.78, 5) is 11.2. The van der Waals surface area contributed by atoms with Gasteiger partial charge in [0.2, 0.25) is 5.88 Å². The molecule has 0 aliphatic carbocycles. The Bertz CT molecular complexity index is 441. The van der Waals surface area contributed by atoms with Gasteiger partial charge in [-0.2, -0.15) is 4.98 Å². The third kappa shape index (κ3) is 3.37. The molecule has 1 aromatic heterocycles. The van der Waals surface area contributed by atoms with Gasteiger partial charge >= 0.3 is 0 Å². The van der Waals surface area contributed by atoms with Crippen LogP contribution < -0.4 is 15.0 Å². The minimum absolute atomic E-state index is 0.0281. The van der Waals surface area contributed by atoms with Gasteiger partial charge in [-0.15, -0.1) is 0 Å². The predicted molar refractivity (Wildman–Crippen MR) is 78.2 cm³/mol. The number of hydrogen-bond acceptors (Lipinski definition) is 6. The molecule has 0 radical (unpaired) electrons. The van der Waals surface area contributed by atoms with Gasteiger partial charge in [0, 0.05) is 33.3 Å². The van der Waals surface area contributed by atoms with Crippen molar-refractivity contribution in [3.05, 3.63) is 11.9 Å². The quantitative estimate of drug-likeness (QED) is 0.875. The van der Waals surface area contributed by atoms with Crippen molar-refractivity contribution in [3.8, 4) is 5.88 Å². The van der Waals surface area contributed by atoms with Crippen molar-refractivity contribution in [3.63, 3.8) is 0 Å². The zero-order chi connectivity index (χ0) is 14.5. The van der Waals surface area contributed by atoms with Crippen LogP contribution in [-0.4, -0.2) is 49.4 Å². The first-order valence-electron chi connectivity index (χ1n) is 7.10. The standard InChI is InChI=1S/C14H24N4O2/c1-5-10(2)18(3)13-8-16-12-7-15-6-11(9-19-4)20-14(12)17-13/h8,10-11,15H,5-7,9H2,1-4H3/t10?,11-/m1/s1. The van der Waals surface area contributed by atoms with E-state index >= 15 is 0 Å². The third-order valence-electron chi connectivity index (χ3n) is 3.71. The molecule has 1 aromatic rings. The lowest BCUT2D eigenvalue weighted by Gasteiger charge is -2.25. The number of methoxy groups -OCH3 is 1.